The van der Waals surface area contributed by atoms with Crippen molar-refractivity contribution in [3.63, 3.8) is 0 Å². The van der Waals surface area contributed by atoms with Gasteiger partial charge in [-0.25, -0.2) is 4.79 Å². The number of carboxylic acid groups (broad SMARTS) is 1. The zero-order valence-electron chi connectivity index (χ0n) is 22.6. The fraction of sp³-hybridized carbons (Fsp3) is 0.917. The van der Waals surface area contributed by atoms with Gasteiger partial charge in [0.1, 0.15) is 13.2 Å². The predicted octanol–water partition coefficient (Wildman–Crippen LogP) is -0.200. The van der Waals surface area contributed by atoms with Gasteiger partial charge in [-0.2, -0.15) is 0 Å². The number of ether oxygens (including phenoxy) is 11. The summed E-state index contributed by atoms with van der Waals surface area (Å²) in [7, 11) is 0. The average molecular weight is 559 g/mol. The van der Waals surface area contributed by atoms with E-state index < -0.39 is 5.97 Å². The van der Waals surface area contributed by atoms with Crippen molar-refractivity contribution in [3.8, 4) is 0 Å². The highest BCUT2D eigenvalue weighted by molar-refractivity contribution is 5.68. The SMILES string of the molecule is CC(=O)OCCOCCOCCOCCOCCOCCOCCOCCOCCOCCOCC(=O)O. The number of aliphatic carboxylic acids is 1. The Balaban J connectivity index is 3.04. The second-order valence-electron chi connectivity index (χ2n) is 7.30. The molecule has 0 aromatic heterocycles. The third-order valence-electron chi connectivity index (χ3n) is 4.11. The molecule has 226 valence electrons. The molecule has 0 saturated heterocycles. The Morgan fingerprint density at radius 2 is 0.605 bits per heavy atom. The molecule has 0 aliphatic rings. The Labute approximate surface area is 224 Å². The summed E-state index contributed by atoms with van der Waals surface area (Å²) in [6.07, 6.45) is 0. The molecular weight excluding hydrogens is 512 g/mol. The number of hydrogen-bond donors (Lipinski definition) is 1. The van der Waals surface area contributed by atoms with Crippen LogP contribution in [0.1, 0.15) is 6.92 Å². The molecule has 0 saturated carbocycles. The van der Waals surface area contributed by atoms with Crippen LogP contribution in [0.5, 0.6) is 0 Å². The summed E-state index contributed by atoms with van der Waals surface area (Å²) in [6, 6.07) is 0. The summed E-state index contributed by atoms with van der Waals surface area (Å²) in [5.41, 5.74) is 0. The molecule has 0 aliphatic heterocycles. The van der Waals surface area contributed by atoms with Crippen LogP contribution in [0.25, 0.3) is 0 Å². The van der Waals surface area contributed by atoms with Crippen LogP contribution in [0.4, 0.5) is 0 Å². The van der Waals surface area contributed by atoms with E-state index in [0.717, 1.165) is 0 Å². The minimum absolute atomic E-state index is 0.239. The average Bonchev–Trinajstić information content (AvgIpc) is 2.89. The van der Waals surface area contributed by atoms with E-state index in [1.165, 1.54) is 6.92 Å². The van der Waals surface area contributed by atoms with E-state index in [4.69, 9.17) is 57.2 Å². The Kier molecular flexibility index (Phi) is 30.5. The van der Waals surface area contributed by atoms with Gasteiger partial charge in [-0.05, 0) is 0 Å². The van der Waals surface area contributed by atoms with Crippen molar-refractivity contribution in [3.05, 3.63) is 0 Å². The van der Waals surface area contributed by atoms with Crippen molar-refractivity contribution in [2.24, 2.45) is 0 Å². The van der Waals surface area contributed by atoms with E-state index in [1.54, 1.807) is 0 Å². The van der Waals surface area contributed by atoms with Crippen molar-refractivity contribution in [2.45, 2.75) is 6.92 Å². The monoisotopic (exact) mass is 558 g/mol. The van der Waals surface area contributed by atoms with Gasteiger partial charge in [0, 0.05) is 6.92 Å². The number of rotatable bonds is 32. The lowest BCUT2D eigenvalue weighted by molar-refractivity contribution is -0.143. The van der Waals surface area contributed by atoms with Crippen LogP contribution in [0, 0.1) is 0 Å². The number of hydrogen-bond acceptors (Lipinski definition) is 13. The molecule has 0 atom stereocenters. The zero-order valence-corrected chi connectivity index (χ0v) is 22.6. The van der Waals surface area contributed by atoms with E-state index in [-0.39, 0.29) is 25.8 Å². The third-order valence-corrected chi connectivity index (χ3v) is 4.11. The number of carboxylic acids is 1. The van der Waals surface area contributed by atoms with Crippen molar-refractivity contribution in [1.82, 2.24) is 0 Å². The standard InChI is InChI=1S/C24H46O14/c1-23(25)38-21-20-36-17-16-34-13-12-32-9-8-30-5-4-28-2-3-29-6-7-31-10-11-33-14-15-35-18-19-37-22-24(26)27/h2-22H2,1H3,(H,26,27). The summed E-state index contributed by atoms with van der Waals surface area (Å²) in [6.45, 7) is 9.67. The molecule has 14 nitrogen and oxygen atoms in total. The molecule has 0 unspecified atom stereocenters. The second kappa shape index (κ2) is 31.8. The van der Waals surface area contributed by atoms with Gasteiger partial charge in [-0.3, -0.25) is 4.79 Å². The first-order valence-electron chi connectivity index (χ1n) is 12.8. The Morgan fingerprint density at radius 1 is 0.395 bits per heavy atom. The predicted molar refractivity (Wildman–Crippen MR) is 132 cm³/mol. The first kappa shape index (κ1) is 36.5. The van der Waals surface area contributed by atoms with Crippen LogP contribution in [0.15, 0.2) is 0 Å². The van der Waals surface area contributed by atoms with Gasteiger partial charge in [0.05, 0.1) is 126 Å². The maximum absolute atomic E-state index is 10.6. The molecule has 0 aromatic rings. The molecular formula is C24H46O14. The number of carbonyl (C=O) groups excluding carboxylic acids is 1. The zero-order chi connectivity index (χ0) is 27.8. The first-order chi connectivity index (χ1) is 18.6. The van der Waals surface area contributed by atoms with Gasteiger partial charge in [-0.1, -0.05) is 0 Å². The second-order valence-corrected chi connectivity index (χ2v) is 7.30. The molecule has 0 radical (unpaired) electrons. The van der Waals surface area contributed by atoms with E-state index in [0.29, 0.717) is 119 Å². The molecule has 14 heteroatoms. The highest BCUT2D eigenvalue weighted by Crippen LogP contribution is 1.87. The van der Waals surface area contributed by atoms with E-state index >= 15 is 0 Å². The fourth-order valence-electron chi connectivity index (χ4n) is 2.38. The van der Waals surface area contributed by atoms with Crippen LogP contribution in [-0.2, 0) is 61.7 Å². The highest BCUT2D eigenvalue weighted by atomic mass is 16.6. The summed E-state index contributed by atoms with van der Waals surface area (Å²) in [5, 5.41) is 8.40. The molecule has 0 heterocycles. The van der Waals surface area contributed by atoms with Crippen LogP contribution in [-0.4, -0.2) is 156 Å². The summed E-state index contributed by atoms with van der Waals surface area (Å²) >= 11 is 0. The topological polar surface area (TPSA) is 156 Å². The summed E-state index contributed by atoms with van der Waals surface area (Å²) < 4.78 is 57.8. The molecule has 0 bridgehead atoms. The van der Waals surface area contributed by atoms with Crippen LogP contribution in [0.3, 0.4) is 0 Å². The third kappa shape index (κ3) is 34.5. The van der Waals surface area contributed by atoms with Gasteiger partial charge >= 0.3 is 11.9 Å². The molecule has 0 aromatic carbocycles. The largest absolute Gasteiger partial charge is 0.480 e. The molecule has 0 rings (SSSR count). The lowest BCUT2D eigenvalue weighted by Gasteiger charge is -2.09. The lowest BCUT2D eigenvalue weighted by Crippen LogP contribution is -2.15. The van der Waals surface area contributed by atoms with Gasteiger partial charge < -0.3 is 57.2 Å². The highest BCUT2D eigenvalue weighted by Gasteiger charge is 1.97. The van der Waals surface area contributed by atoms with Crippen molar-refractivity contribution in [1.29, 1.82) is 0 Å². The van der Waals surface area contributed by atoms with Crippen molar-refractivity contribution >= 4 is 11.9 Å². The number of carbonyl (C=O) groups is 2. The van der Waals surface area contributed by atoms with Crippen LogP contribution >= 0.6 is 0 Å². The van der Waals surface area contributed by atoms with Crippen LogP contribution in [0.2, 0.25) is 0 Å². The number of esters is 1. The minimum Gasteiger partial charge on any atom is -0.480 e. The van der Waals surface area contributed by atoms with Crippen molar-refractivity contribution < 1.29 is 66.8 Å². The molecule has 0 aliphatic carbocycles. The van der Waals surface area contributed by atoms with E-state index in [2.05, 4.69) is 0 Å². The molecule has 38 heavy (non-hydrogen) atoms. The van der Waals surface area contributed by atoms with Crippen LogP contribution < -0.4 is 0 Å². The van der Waals surface area contributed by atoms with Gasteiger partial charge in [0.2, 0.25) is 0 Å². The Morgan fingerprint density at radius 3 is 0.816 bits per heavy atom. The van der Waals surface area contributed by atoms with Crippen molar-refractivity contribution in [2.75, 3.05) is 139 Å². The smallest absolute Gasteiger partial charge is 0.329 e. The Bertz CT molecular complexity index is 465. The lowest BCUT2D eigenvalue weighted by atomic mass is 10.6. The Hall–Kier alpha value is -1.46. The maximum Gasteiger partial charge on any atom is 0.329 e. The molecule has 0 spiro atoms. The summed E-state index contributed by atoms with van der Waals surface area (Å²) in [5.74, 6) is -1.31. The fourth-order valence-corrected chi connectivity index (χ4v) is 2.38. The van der Waals surface area contributed by atoms with E-state index in [9.17, 15) is 9.59 Å². The normalized spacial score (nSPS) is 11.2. The minimum atomic E-state index is -0.998. The van der Waals surface area contributed by atoms with Gasteiger partial charge in [0.25, 0.3) is 0 Å². The quantitative estimate of drug-likeness (QED) is 0.0855. The summed E-state index contributed by atoms with van der Waals surface area (Å²) in [4.78, 5) is 20.8. The van der Waals surface area contributed by atoms with Gasteiger partial charge in [0.15, 0.2) is 0 Å². The molecule has 1 N–H and O–H groups in total. The molecule has 0 amide bonds. The van der Waals surface area contributed by atoms with E-state index in [1.807, 2.05) is 0 Å². The maximum atomic E-state index is 10.6. The first-order valence-corrected chi connectivity index (χ1v) is 12.8. The molecule has 0 fully saturated rings. The van der Waals surface area contributed by atoms with Gasteiger partial charge in [-0.15, -0.1) is 0 Å².